The Morgan fingerprint density at radius 1 is 1.10 bits per heavy atom. The van der Waals surface area contributed by atoms with E-state index >= 15 is 0 Å². The van der Waals surface area contributed by atoms with Crippen LogP contribution in [0.5, 0.6) is 0 Å². The molecule has 2 aromatic rings. The van der Waals surface area contributed by atoms with Gasteiger partial charge in [-0.15, -0.1) is 0 Å². The Morgan fingerprint density at radius 2 is 1.76 bits per heavy atom. The Morgan fingerprint density at radius 3 is 2.29 bits per heavy atom. The predicted octanol–water partition coefficient (Wildman–Crippen LogP) is 1.17. The Kier molecular flexibility index (Phi) is 4.63. The topological polar surface area (TPSA) is 105 Å². The van der Waals surface area contributed by atoms with E-state index in [-0.39, 0.29) is 18.1 Å². The van der Waals surface area contributed by atoms with Crippen molar-refractivity contribution in [2.45, 2.75) is 13.1 Å². The van der Waals surface area contributed by atoms with Crippen LogP contribution in [0.2, 0.25) is 0 Å². The number of rotatable bonds is 5. The summed E-state index contributed by atoms with van der Waals surface area (Å²) < 4.78 is 0. The molecule has 6 nitrogen and oxygen atoms in total. The number of benzene rings is 1. The van der Waals surface area contributed by atoms with Gasteiger partial charge in [0.05, 0.1) is 0 Å². The maximum absolute atomic E-state index is 11.9. The molecule has 0 bridgehead atoms. The Hall–Kier alpha value is -2.73. The van der Waals surface area contributed by atoms with E-state index in [1.807, 2.05) is 0 Å². The van der Waals surface area contributed by atoms with Crippen LogP contribution in [0.25, 0.3) is 0 Å². The molecule has 0 unspecified atom stereocenters. The second kappa shape index (κ2) is 6.62. The van der Waals surface area contributed by atoms with E-state index < -0.39 is 5.97 Å². The van der Waals surface area contributed by atoms with Crippen molar-refractivity contribution in [2.24, 2.45) is 5.73 Å². The first kappa shape index (κ1) is 14.7. The van der Waals surface area contributed by atoms with Gasteiger partial charge in [0.1, 0.15) is 5.69 Å². The highest BCUT2D eigenvalue weighted by Crippen LogP contribution is 2.05. The van der Waals surface area contributed by atoms with Crippen molar-refractivity contribution < 1.29 is 14.7 Å². The maximum Gasteiger partial charge on any atom is 0.354 e. The van der Waals surface area contributed by atoms with Gasteiger partial charge in [-0.1, -0.05) is 18.2 Å². The third-order valence-corrected chi connectivity index (χ3v) is 2.95. The third kappa shape index (κ3) is 3.87. The largest absolute Gasteiger partial charge is 0.477 e. The fourth-order valence-corrected chi connectivity index (χ4v) is 1.73. The third-order valence-electron chi connectivity index (χ3n) is 2.95. The smallest absolute Gasteiger partial charge is 0.354 e. The zero-order valence-corrected chi connectivity index (χ0v) is 11.2. The molecule has 4 N–H and O–H groups in total. The number of nitrogens with one attached hydrogen (secondary N) is 1. The molecule has 2 rings (SSSR count). The van der Waals surface area contributed by atoms with Gasteiger partial charge in [0.2, 0.25) is 0 Å². The molecular weight excluding hydrogens is 270 g/mol. The molecule has 1 aromatic heterocycles. The fourth-order valence-electron chi connectivity index (χ4n) is 1.73. The van der Waals surface area contributed by atoms with E-state index in [0.29, 0.717) is 12.1 Å². The van der Waals surface area contributed by atoms with Gasteiger partial charge in [-0.25, -0.2) is 9.78 Å². The van der Waals surface area contributed by atoms with Crippen molar-refractivity contribution in [2.75, 3.05) is 0 Å². The Labute approximate surface area is 121 Å². The van der Waals surface area contributed by atoms with Crippen LogP contribution in [0.3, 0.4) is 0 Å². The molecule has 0 aliphatic heterocycles. The lowest BCUT2D eigenvalue weighted by Crippen LogP contribution is -2.23. The summed E-state index contributed by atoms with van der Waals surface area (Å²) >= 11 is 0. The molecule has 0 aliphatic carbocycles. The van der Waals surface area contributed by atoms with E-state index in [4.69, 9.17) is 10.8 Å². The molecule has 0 radical (unpaired) electrons. The number of amides is 1. The summed E-state index contributed by atoms with van der Waals surface area (Å²) in [6.07, 6.45) is 1.43. The van der Waals surface area contributed by atoms with E-state index in [0.717, 1.165) is 11.1 Å². The molecule has 1 heterocycles. The highest BCUT2D eigenvalue weighted by Gasteiger charge is 2.06. The second-order valence-electron chi connectivity index (χ2n) is 4.44. The van der Waals surface area contributed by atoms with Gasteiger partial charge in [-0.05, 0) is 29.3 Å². The molecule has 1 amide bonds. The first-order valence-corrected chi connectivity index (χ1v) is 6.35. The molecule has 0 saturated carbocycles. The normalized spacial score (nSPS) is 10.1. The number of carboxylic acids is 1. The summed E-state index contributed by atoms with van der Waals surface area (Å²) in [7, 11) is 0. The number of aromatic nitrogens is 1. The fraction of sp³-hybridized carbons (Fsp3) is 0.133. The zero-order valence-electron chi connectivity index (χ0n) is 11.2. The summed E-state index contributed by atoms with van der Waals surface area (Å²) in [5.74, 6) is -1.29. The Balaban J connectivity index is 1.95. The van der Waals surface area contributed by atoms with Gasteiger partial charge in [0.25, 0.3) is 5.91 Å². The quantitative estimate of drug-likeness (QED) is 0.764. The van der Waals surface area contributed by atoms with Crippen molar-refractivity contribution in [3.63, 3.8) is 0 Å². The highest BCUT2D eigenvalue weighted by molar-refractivity contribution is 5.94. The van der Waals surface area contributed by atoms with Gasteiger partial charge < -0.3 is 16.2 Å². The molecule has 1 aromatic carbocycles. The number of hydrogen-bond donors (Lipinski definition) is 3. The Bertz CT molecular complexity index is 636. The lowest BCUT2D eigenvalue weighted by Gasteiger charge is -2.06. The lowest BCUT2D eigenvalue weighted by atomic mass is 10.1. The number of hydrogen-bond acceptors (Lipinski definition) is 4. The minimum Gasteiger partial charge on any atom is -0.477 e. The first-order valence-electron chi connectivity index (χ1n) is 6.35. The summed E-state index contributed by atoms with van der Waals surface area (Å²) in [4.78, 5) is 26.4. The number of nitrogens with two attached hydrogens (primary N) is 1. The van der Waals surface area contributed by atoms with Gasteiger partial charge in [0, 0.05) is 24.8 Å². The minimum absolute atomic E-state index is 0.0255. The van der Waals surface area contributed by atoms with Crippen molar-refractivity contribution in [3.8, 4) is 0 Å². The van der Waals surface area contributed by atoms with Crippen LogP contribution in [0.4, 0.5) is 0 Å². The van der Waals surface area contributed by atoms with E-state index in [2.05, 4.69) is 10.3 Å². The van der Waals surface area contributed by atoms with E-state index in [9.17, 15) is 9.59 Å². The van der Waals surface area contributed by atoms with E-state index in [1.54, 1.807) is 30.3 Å². The van der Waals surface area contributed by atoms with Gasteiger partial charge in [-0.3, -0.25) is 4.79 Å². The van der Waals surface area contributed by atoms with Crippen molar-refractivity contribution in [1.82, 2.24) is 10.3 Å². The van der Waals surface area contributed by atoms with Gasteiger partial charge in [-0.2, -0.15) is 0 Å². The van der Waals surface area contributed by atoms with Crippen LogP contribution < -0.4 is 11.1 Å². The monoisotopic (exact) mass is 285 g/mol. The van der Waals surface area contributed by atoms with Crippen LogP contribution in [0, 0.1) is 0 Å². The van der Waals surface area contributed by atoms with Crippen molar-refractivity contribution in [3.05, 3.63) is 65.0 Å². The zero-order chi connectivity index (χ0) is 15.2. The SMILES string of the molecule is NCc1ccc(C(=O)NCc2ccc(C(=O)O)nc2)cc1. The van der Waals surface area contributed by atoms with Crippen molar-refractivity contribution >= 4 is 11.9 Å². The van der Waals surface area contributed by atoms with Crippen LogP contribution in [0.1, 0.15) is 32.0 Å². The molecule has 0 spiro atoms. The number of carbonyl (C=O) groups excluding carboxylic acids is 1. The molecule has 6 heteroatoms. The number of carbonyl (C=O) groups is 2. The molecular formula is C15H15N3O3. The number of aromatic carboxylic acids is 1. The van der Waals surface area contributed by atoms with Crippen LogP contribution >= 0.6 is 0 Å². The maximum atomic E-state index is 11.9. The second-order valence-corrected chi connectivity index (χ2v) is 4.44. The average Bonchev–Trinajstić information content (AvgIpc) is 2.53. The molecule has 0 aliphatic rings. The first-order chi connectivity index (χ1) is 10.1. The minimum atomic E-state index is -1.08. The summed E-state index contributed by atoms with van der Waals surface area (Å²) in [6, 6.07) is 10.1. The molecule has 0 saturated heterocycles. The molecule has 21 heavy (non-hydrogen) atoms. The number of nitrogens with zero attached hydrogens (tertiary/aromatic N) is 1. The average molecular weight is 285 g/mol. The highest BCUT2D eigenvalue weighted by atomic mass is 16.4. The number of pyridine rings is 1. The molecule has 0 fully saturated rings. The molecule has 108 valence electrons. The van der Waals surface area contributed by atoms with Crippen LogP contribution in [-0.2, 0) is 13.1 Å². The summed E-state index contributed by atoms with van der Waals surface area (Å²) in [6.45, 7) is 0.716. The lowest BCUT2D eigenvalue weighted by molar-refractivity contribution is 0.0690. The summed E-state index contributed by atoms with van der Waals surface area (Å²) in [5.41, 5.74) is 7.70. The number of carboxylic acid groups (broad SMARTS) is 1. The standard InChI is InChI=1S/C15H15N3O3/c16-7-10-1-4-12(5-2-10)14(19)18-9-11-3-6-13(15(20)21)17-8-11/h1-6,8H,7,9,16H2,(H,18,19)(H,20,21). The van der Waals surface area contributed by atoms with Gasteiger partial charge >= 0.3 is 5.97 Å². The van der Waals surface area contributed by atoms with E-state index in [1.165, 1.54) is 12.3 Å². The van der Waals surface area contributed by atoms with Crippen molar-refractivity contribution in [1.29, 1.82) is 0 Å². The van der Waals surface area contributed by atoms with Gasteiger partial charge in [0.15, 0.2) is 0 Å². The summed E-state index contributed by atoms with van der Waals surface area (Å²) in [5, 5.41) is 11.5. The van der Waals surface area contributed by atoms with Crippen LogP contribution in [-0.4, -0.2) is 22.0 Å². The van der Waals surface area contributed by atoms with Crippen LogP contribution in [0.15, 0.2) is 42.6 Å². The predicted molar refractivity (Wildman–Crippen MR) is 76.7 cm³/mol. The molecule has 0 atom stereocenters.